The maximum atomic E-state index is 12.4. The molecule has 2 rings (SSSR count). The third-order valence-electron chi connectivity index (χ3n) is 4.20. The minimum absolute atomic E-state index is 0.0678. The predicted molar refractivity (Wildman–Crippen MR) is 92.7 cm³/mol. The Kier molecular flexibility index (Phi) is 6.66. The molecule has 0 unspecified atom stereocenters. The third-order valence-corrected chi connectivity index (χ3v) is 5.27. The van der Waals surface area contributed by atoms with Gasteiger partial charge >= 0.3 is 5.97 Å². The predicted octanol–water partition coefficient (Wildman–Crippen LogP) is 2.48. The summed E-state index contributed by atoms with van der Waals surface area (Å²) in [5, 5.41) is 12.0. The van der Waals surface area contributed by atoms with Crippen LogP contribution in [0.1, 0.15) is 32.1 Å². The Labute approximate surface area is 145 Å². The van der Waals surface area contributed by atoms with Gasteiger partial charge in [0.25, 0.3) is 0 Å². The number of para-hydroxylation sites is 1. The summed E-state index contributed by atoms with van der Waals surface area (Å²) in [6.45, 7) is 0. The Balaban J connectivity index is 1.92. The summed E-state index contributed by atoms with van der Waals surface area (Å²) in [7, 11) is 0. The van der Waals surface area contributed by atoms with Crippen molar-refractivity contribution in [3.8, 4) is 0 Å². The lowest BCUT2D eigenvalue weighted by molar-refractivity contribution is -0.143. The number of rotatable bonds is 7. The molecule has 130 valence electrons. The molecule has 1 saturated carbocycles. The fourth-order valence-corrected chi connectivity index (χ4v) is 3.77. The van der Waals surface area contributed by atoms with Gasteiger partial charge in [-0.3, -0.25) is 14.4 Å². The van der Waals surface area contributed by atoms with Crippen molar-refractivity contribution in [1.82, 2.24) is 0 Å². The molecule has 1 aliphatic rings. The van der Waals surface area contributed by atoms with Crippen LogP contribution in [0, 0.1) is 11.8 Å². The number of primary amides is 1. The van der Waals surface area contributed by atoms with E-state index in [1.54, 1.807) is 0 Å². The summed E-state index contributed by atoms with van der Waals surface area (Å²) in [5.41, 5.74) is 5.86. The smallest absolute Gasteiger partial charge is 0.306 e. The van der Waals surface area contributed by atoms with Crippen molar-refractivity contribution in [2.75, 3.05) is 11.1 Å². The van der Waals surface area contributed by atoms with Crippen LogP contribution in [0.25, 0.3) is 0 Å². The normalized spacial score (nSPS) is 20.3. The van der Waals surface area contributed by atoms with E-state index in [2.05, 4.69) is 5.32 Å². The maximum absolute atomic E-state index is 12.4. The number of nitrogens with two attached hydrogens (primary N) is 1. The van der Waals surface area contributed by atoms with E-state index in [9.17, 15) is 14.4 Å². The van der Waals surface area contributed by atoms with Gasteiger partial charge in [-0.25, -0.2) is 0 Å². The molecular formula is C17H22N2O4S. The highest BCUT2D eigenvalue weighted by molar-refractivity contribution is 7.99. The second kappa shape index (κ2) is 8.73. The molecule has 0 atom stereocenters. The Bertz CT molecular complexity index is 612. The molecule has 2 amide bonds. The van der Waals surface area contributed by atoms with Gasteiger partial charge in [0.15, 0.2) is 0 Å². The first kappa shape index (κ1) is 18.3. The molecule has 0 aromatic heterocycles. The van der Waals surface area contributed by atoms with E-state index in [-0.39, 0.29) is 30.1 Å². The van der Waals surface area contributed by atoms with Crippen LogP contribution in [-0.2, 0) is 14.4 Å². The van der Waals surface area contributed by atoms with E-state index < -0.39 is 5.97 Å². The van der Waals surface area contributed by atoms with Gasteiger partial charge in [0, 0.05) is 23.0 Å². The van der Waals surface area contributed by atoms with E-state index in [0.717, 1.165) is 10.6 Å². The highest BCUT2D eigenvalue weighted by Gasteiger charge is 2.29. The molecule has 0 heterocycles. The lowest BCUT2D eigenvalue weighted by Gasteiger charge is -2.25. The summed E-state index contributed by atoms with van der Waals surface area (Å²) < 4.78 is 0. The van der Waals surface area contributed by atoms with Gasteiger partial charge in [-0.2, -0.15) is 0 Å². The zero-order valence-corrected chi connectivity index (χ0v) is 14.2. The number of nitrogens with one attached hydrogen (secondary N) is 1. The largest absolute Gasteiger partial charge is 0.481 e. The third kappa shape index (κ3) is 5.26. The molecule has 0 aliphatic heterocycles. The topological polar surface area (TPSA) is 109 Å². The van der Waals surface area contributed by atoms with Crippen LogP contribution in [0.5, 0.6) is 0 Å². The number of carbonyl (C=O) groups is 3. The zero-order valence-electron chi connectivity index (χ0n) is 13.4. The number of carbonyl (C=O) groups excluding carboxylic acids is 2. The minimum atomic E-state index is -0.773. The van der Waals surface area contributed by atoms with Crippen molar-refractivity contribution in [2.24, 2.45) is 17.6 Å². The van der Waals surface area contributed by atoms with Gasteiger partial charge < -0.3 is 16.2 Å². The van der Waals surface area contributed by atoms with Crippen molar-refractivity contribution in [1.29, 1.82) is 0 Å². The summed E-state index contributed by atoms with van der Waals surface area (Å²) in [6, 6.07) is 7.44. The molecule has 4 N–H and O–H groups in total. The first-order chi connectivity index (χ1) is 11.5. The molecule has 24 heavy (non-hydrogen) atoms. The molecule has 6 nitrogen and oxygen atoms in total. The molecule has 0 radical (unpaired) electrons. The van der Waals surface area contributed by atoms with E-state index in [1.165, 1.54) is 11.8 Å². The summed E-state index contributed by atoms with van der Waals surface area (Å²) in [5.74, 6) is -1.10. The lowest BCUT2D eigenvalue weighted by Crippen LogP contribution is -2.29. The second-order valence-electron chi connectivity index (χ2n) is 5.94. The number of amides is 2. The number of hydrogen-bond donors (Lipinski definition) is 3. The Hall–Kier alpha value is -2.02. The van der Waals surface area contributed by atoms with Crippen LogP contribution in [0.2, 0.25) is 0 Å². The van der Waals surface area contributed by atoms with Crippen LogP contribution in [-0.4, -0.2) is 28.6 Å². The van der Waals surface area contributed by atoms with Crippen molar-refractivity contribution in [3.63, 3.8) is 0 Å². The first-order valence-corrected chi connectivity index (χ1v) is 8.99. The monoisotopic (exact) mass is 350 g/mol. The number of anilines is 1. The minimum Gasteiger partial charge on any atom is -0.481 e. The van der Waals surface area contributed by atoms with Crippen LogP contribution in [0.4, 0.5) is 5.69 Å². The Morgan fingerprint density at radius 1 is 1.12 bits per heavy atom. The lowest BCUT2D eigenvalue weighted by atomic mass is 9.81. The molecule has 1 aromatic carbocycles. The SMILES string of the molecule is NC(=O)CCSc1ccccc1NC(=O)C1CCC(C(=O)O)CC1. The number of benzene rings is 1. The number of hydrogen-bond acceptors (Lipinski definition) is 4. The van der Waals surface area contributed by atoms with Crippen LogP contribution >= 0.6 is 11.8 Å². The van der Waals surface area contributed by atoms with Gasteiger partial charge in [-0.05, 0) is 37.8 Å². The Morgan fingerprint density at radius 3 is 2.38 bits per heavy atom. The zero-order chi connectivity index (χ0) is 17.5. The fraction of sp³-hybridized carbons (Fsp3) is 0.471. The first-order valence-electron chi connectivity index (χ1n) is 8.01. The molecule has 1 aliphatic carbocycles. The summed E-state index contributed by atoms with van der Waals surface area (Å²) in [4.78, 5) is 35.1. The van der Waals surface area contributed by atoms with Gasteiger partial charge in [0.1, 0.15) is 0 Å². The Morgan fingerprint density at radius 2 is 1.75 bits per heavy atom. The maximum Gasteiger partial charge on any atom is 0.306 e. The molecule has 7 heteroatoms. The average molecular weight is 350 g/mol. The number of carboxylic acid groups (broad SMARTS) is 1. The van der Waals surface area contributed by atoms with Gasteiger partial charge in [0.2, 0.25) is 11.8 Å². The van der Waals surface area contributed by atoms with E-state index >= 15 is 0 Å². The van der Waals surface area contributed by atoms with E-state index in [4.69, 9.17) is 10.8 Å². The second-order valence-corrected chi connectivity index (χ2v) is 7.07. The standard InChI is InChI=1S/C17H22N2O4S/c18-15(20)9-10-24-14-4-2-1-3-13(14)19-16(21)11-5-7-12(8-6-11)17(22)23/h1-4,11-12H,5-10H2,(H2,18,20)(H,19,21)(H,22,23). The van der Waals surface area contributed by atoms with Crippen LogP contribution in [0.15, 0.2) is 29.2 Å². The quantitative estimate of drug-likeness (QED) is 0.655. The van der Waals surface area contributed by atoms with Crippen molar-refractivity contribution in [2.45, 2.75) is 37.0 Å². The van der Waals surface area contributed by atoms with Gasteiger partial charge in [-0.15, -0.1) is 11.8 Å². The molecule has 0 bridgehead atoms. The molecule has 1 fully saturated rings. The van der Waals surface area contributed by atoms with Gasteiger partial charge in [0.05, 0.1) is 11.6 Å². The number of aliphatic carboxylic acids is 1. The van der Waals surface area contributed by atoms with Crippen molar-refractivity contribution in [3.05, 3.63) is 24.3 Å². The van der Waals surface area contributed by atoms with Gasteiger partial charge in [-0.1, -0.05) is 12.1 Å². The summed E-state index contributed by atoms with van der Waals surface area (Å²) in [6.07, 6.45) is 2.57. The molecule has 0 saturated heterocycles. The summed E-state index contributed by atoms with van der Waals surface area (Å²) >= 11 is 1.48. The van der Waals surface area contributed by atoms with Crippen molar-refractivity contribution >= 4 is 35.2 Å². The van der Waals surface area contributed by atoms with E-state index in [0.29, 0.717) is 31.4 Å². The van der Waals surface area contributed by atoms with Crippen LogP contribution in [0.3, 0.4) is 0 Å². The molecular weight excluding hydrogens is 328 g/mol. The number of thioether (sulfide) groups is 1. The molecule has 0 spiro atoms. The highest BCUT2D eigenvalue weighted by Crippen LogP contribution is 2.32. The van der Waals surface area contributed by atoms with E-state index in [1.807, 2.05) is 24.3 Å². The van der Waals surface area contributed by atoms with Crippen LogP contribution < -0.4 is 11.1 Å². The average Bonchev–Trinajstić information content (AvgIpc) is 2.56. The highest BCUT2D eigenvalue weighted by atomic mass is 32.2. The van der Waals surface area contributed by atoms with Crippen molar-refractivity contribution < 1.29 is 19.5 Å². The number of carboxylic acids is 1. The fourth-order valence-electron chi connectivity index (χ4n) is 2.79. The molecule has 1 aromatic rings.